The van der Waals surface area contributed by atoms with E-state index < -0.39 is 0 Å². The van der Waals surface area contributed by atoms with Gasteiger partial charge in [-0.15, -0.1) is 0 Å². The number of ketones is 1. The lowest BCUT2D eigenvalue weighted by atomic mass is 9.74. The van der Waals surface area contributed by atoms with Crippen LogP contribution >= 0.6 is 0 Å². The number of piperidine rings is 1. The van der Waals surface area contributed by atoms with Gasteiger partial charge in [0.15, 0.2) is 17.3 Å². The van der Waals surface area contributed by atoms with E-state index in [4.69, 9.17) is 9.47 Å². The largest absolute Gasteiger partial charge is 0.493 e. The highest BCUT2D eigenvalue weighted by Crippen LogP contribution is 2.37. The second-order valence-electron chi connectivity index (χ2n) is 7.10. The normalized spacial score (nSPS) is 26.2. The van der Waals surface area contributed by atoms with E-state index in [0.717, 1.165) is 38.6 Å². The lowest BCUT2D eigenvalue weighted by Gasteiger charge is -2.42. The van der Waals surface area contributed by atoms with E-state index in [-0.39, 0.29) is 17.2 Å². The van der Waals surface area contributed by atoms with Crippen LogP contribution in [-0.2, 0) is 4.79 Å². The van der Waals surface area contributed by atoms with Gasteiger partial charge in [-0.1, -0.05) is 0 Å². The van der Waals surface area contributed by atoms with Gasteiger partial charge >= 0.3 is 0 Å². The van der Waals surface area contributed by atoms with Crippen molar-refractivity contribution in [3.8, 4) is 11.5 Å². The quantitative estimate of drug-likeness (QED) is 0.872. The number of benzene rings is 1. The van der Waals surface area contributed by atoms with Crippen LogP contribution < -0.4 is 20.3 Å². The van der Waals surface area contributed by atoms with E-state index >= 15 is 0 Å². The minimum absolute atomic E-state index is 0.000690. The summed E-state index contributed by atoms with van der Waals surface area (Å²) >= 11 is 0. The smallest absolute Gasteiger partial charge is 0.258 e. The van der Waals surface area contributed by atoms with Crippen LogP contribution in [0.4, 0.5) is 0 Å². The van der Waals surface area contributed by atoms with Crippen LogP contribution in [0.3, 0.4) is 0 Å². The van der Waals surface area contributed by atoms with E-state index in [2.05, 4.69) is 15.3 Å². The number of carbonyl (C=O) groups excluding carboxylic acids is 1. The molecular formula is C19H23N3O4. The first-order valence-electron chi connectivity index (χ1n) is 9.12. The Balaban J connectivity index is 1.54. The number of methoxy groups -OCH3 is 1. The zero-order chi connectivity index (χ0) is 18.1. The van der Waals surface area contributed by atoms with Crippen LogP contribution in [0.15, 0.2) is 23.3 Å². The summed E-state index contributed by atoms with van der Waals surface area (Å²) in [7, 11) is 1.57. The Morgan fingerprint density at radius 1 is 1.19 bits per heavy atom. The molecule has 2 aromatic rings. The third-order valence-electron chi connectivity index (χ3n) is 5.58. The maximum atomic E-state index is 12.4. The summed E-state index contributed by atoms with van der Waals surface area (Å²) in [5.41, 5.74) is 0.00627. The average Bonchev–Trinajstić information content (AvgIpc) is 2.66. The van der Waals surface area contributed by atoms with E-state index in [1.807, 2.05) is 0 Å². The number of Topliss-reactive ketones (excluding diaryl/α,β-unsaturated/α-hetero) is 1. The lowest BCUT2D eigenvalue weighted by molar-refractivity contribution is -0.129. The van der Waals surface area contributed by atoms with Crippen molar-refractivity contribution in [3.05, 3.63) is 28.8 Å². The molecular weight excluding hydrogens is 334 g/mol. The molecule has 4 rings (SSSR count). The first-order chi connectivity index (χ1) is 12.6. The molecule has 0 amide bonds. The van der Waals surface area contributed by atoms with E-state index in [9.17, 15) is 9.59 Å². The van der Waals surface area contributed by atoms with Gasteiger partial charge in [-0.25, -0.2) is 4.98 Å². The van der Waals surface area contributed by atoms with Crippen molar-refractivity contribution in [1.82, 2.24) is 15.3 Å². The standard InChI is InChI=1S/C19H23N3O4/c1-25-15-10-14-13(18(24)21-11-20-14)9-16(15)26-12-4-6-19(7-5-12)17(23)3-2-8-22-19/h9-12,22H,2-8H2,1H3,(H,20,21,24)/t12-,19+. The van der Waals surface area contributed by atoms with Gasteiger partial charge in [0.05, 0.1) is 36.0 Å². The molecule has 1 saturated carbocycles. The number of hydrogen-bond acceptors (Lipinski definition) is 6. The van der Waals surface area contributed by atoms with Crippen LogP contribution in [0, 0.1) is 0 Å². The van der Waals surface area contributed by atoms with Crippen molar-refractivity contribution in [2.24, 2.45) is 0 Å². The van der Waals surface area contributed by atoms with Crippen molar-refractivity contribution in [1.29, 1.82) is 0 Å². The topological polar surface area (TPSA) is 93.3 Å². The van der Waals surface area contributed by atoms with Crippen LogP contribution in [0.25, 0.3) is 10.9 Å². The Morgan fingerprint density at radius 3 is 2.73 bits per heavy atom. The van der Waals surface area contributed by atoms with E-state index in [1.54, 1.807) is 19.2 Å². The van der Waals surface area contributed by atoms with Crippen molar-refractivity contribution < 1.29 is 14.3 Å². The Labute approximate surface area is 151 Å². The maximum absolute atomic E-state index is 12.4. The molecule has 0 unspecified atom stereocenters. The van der Waals surface area contributed by atoms with Gasteiger partial charge in [-0.2, -0.15) is 0 Å². The number of nitrogens with zero attached hydrogens (tertiary/aromatic N) is 1. The van der Waals surface area contributed by atoms with Gasteiger partial charge in [-0.05, 0) is 44.7 Å². The molecule has 2 fully saturated rings. The first kappa shape index (κ1) is 17.0. The molecule has 0 bridgehead atoms. The fourth-order valence-electron chi connectivity index (χ4n) is 4.08. The molecule has 1 spiro atoms. The number of ether oxygens (including phenoxy) is 2. The summed E-state index contributed by atoms with van der Waals surface area (Å²) in [6, 6.07) is 3.41. The number of H-pyrrole nitrogens is 1. The molecule has 26 heavy (non-hydrogen) atoms. The fraction of sp³-hybridized carbons (Fsp3) is 0.526. The molecule has 1 aliphatic carbocycles. The minimum Gasteiger partial charge on any atom is -0.493 e. The Bertz CT molecular complexity index is 884. The molecule has 2 aliphatic rings. The fourth-order valence-corrected chi connectivity index (χ4v) is 4.08. The second kappa shape index (κ2) is 6.72. The summed E-state index contributed by atoms with van der Waals surface area (Å²) < 4.78 is 11.6. The Morgan fingerprint density at radius 2 is 2.00 bits per heavy atom. The number of carbonyl (C=O) groups is 1. The number of aromatic nitrogens is 2. The predicted molar refractivity (Wildman–Crippen MR) is 96.8 cm³/mol. The summed E-state index contributed by atoms with van der Waals surface area (Å²) in [5.74, 6) is 1.44. The Hall–Kier alpha value is -2.41. The van der Waals surface area contributed by atoms with Crippen LogP contribution in [0.2, 0.25) is 0 Å². The molecule has 0 atom stereocenters. The van der Waals surface area contributed by atoms with Gasteiger partial charge in [0.25, 0.3) is 5.56 Å². The van der Waals surface area contributed by atoms with Gasteiger partial charge in [0.2, 0.25) is 0 Å². The molecule has 1 aromatic carbocycles. The zero-order valence-corrected chi connectivity index (χ0v) is 14.8. The molecule has 2 heterocycles. The van der Waals surface area contributed by atoms with Gasteiger partial charge in [-0.3, -0.25) is 9.59 Å². The van der Waals surface area contributed by atoms with Gasteiger partial charge in [0, 0.05) is 12.5 Å². The van der Waals surface area contributed by atoms with Crippen molar-refractivity contribution in [3.63, 3.8) is 0 Å². The number of aromatic amines is 1. The molecule has 1 saturated heterocycles. The lowest BCUT2D eigenvalue weighted by Crippen LogP contribution is -2.58. The molecule has 2 N–H and O–H groups in total. The van der Waals surface area contributed by atoms with Crippen molar-refractivity contribution >= 4 is 16.7 Å². The number of hydrogen-bond donors (Lipinski definition) is 2. The first-order valence-corrected chi connectivity index (χ1v) is 9.12. The zero-order valence-electron chi connectivity index (χ0n) is 14.8. The monoisotopic (exact) mass is 357 g/mol. The van der Waals surface area contributed by atoms with E-state index in [1.165, 1.54) is 6.33 Å². The van der Waals surface area contributed by atoms with E-state index in [0.29, 0.717) is 34.6 Å². The highest BCUT2D eigenvalue weighted by Gasteiger charge is 2.42. The highest BCUT2D eigenvalue weighted by atomic mass is 16.5. The molecule has 7 heteroatoms. The SMILES string of the molecule is COc1cc2nc[nH]c(=O)c2cc1O[C@H]1CC[C@]2(CC1)NCCCC2=O. The van der Waals surface area contributed by atoms with Crippen LogP contribution in [-0.4, -0.2) is 41.0 Å². The second-order valence-corrected chi connectivity index (χ2v) is 7.10. The molecule has 1 aliphatic heterocycles. The molecule has 7 nitrogen and oxygen atoms in total. The minimum atomic E-state index is -0.355. The number of nitrogens with one attached hydrogen (secondary N) is 2. The average molecular weight is 357 g/mol. The highest BCUT2D eigenvalue weighted by molar-refractivity contribution is 5.89. The Kier molecular flexibility index (Phi) is 4.40. The predicted octanol–water partition coefficient (Wildman–Crippen LogP) is 1.94. The molecule has 138 valence electrons. The van der Waals surface area contributed by atoms with Gasteiger partial charge in [0.1, 0.15) is 0 Å². The summed E-state index contributed by atoms with van der Waals surface area (Å²) in [4.78, 5) is 31.1. The number of fused-ring (bicyclic) bond motifs is 1. The van der Waals surface area contributed by atoms with Crippen LogP contribution in [0.5, 0.6) is 11.5 Å². The summed E-state index contributed by atoms with van der Waals surface area (Å²) in [6.45, 7) is 0.908. The number of rotatable bonds is 3. The molecule has 1 aromatic heterocycles. The summed E-state index contributed by atoms with van der Waals surface area (Å²) in [6.07, 6.45) is 6.14. The van der Waals surface area contributed by atoms with Crippen molar-refractivity contribution in [2.45, 2.75) is 50.2 Å². The van der Waals surface area contributed by atoms with Gasteiger partial charge < -0.3 is 19.8 Å². The third kappa shape index (κ3) is 2.96. The maximum Gasteiger partial charge on any atom is 0.258 e. The third-order valence-corrected chi connectivity index (χ3v) is 5.58. The van der Waals surface area contributed by atoms with Crippen LogP contribution in [0.1, 0.15) is 38.5 Å². The van der Waals surface area contributed by atoms with Crippen molar-refractivity contribution in [2.75, 3.05) is 13.7 Å². The molecule has 0 radical (unpaired) electrons. The summed E-state index contributed by atoms with van der Waals surface area (Å²) in [5, 5.41) is 3.91.